The molecule has 0 aliphatic carbocycles. The van der Waals surface area contributed by atoms with Crippen LogP contribution in [0.25, 0.3) is 11.0 Å². The summed E-state index contributed by atoms with van der Waals surface area (Å²) in [5.74, 6) is 0.106. The van der Waals surface area contributed by atoms with E-state index in [1.807, 2.05) is 53.9 Å². The molecule has 26 heavy (non-hydrogen) atoms. The van der Waals surface area contributed by atoms with Gasteiger partial charge < -0.3 is 4.90 Å². The van der Waals surface area contributed by atoms with E-state index in [2.05, 4.69) is 24.2 Å². The maximum absolute atomic E-state index is 12.9. The lowest BCUT2D eigenvalue weighted by Gasteiger charge is -2.40. The number of pyridine rings is 1. The number of rotatable bonds is 2. The minimum atomic E-state index is -0.144. The van der Waals surface area contributed by atoms with Crippen molar-refractivity contribution < 1.29 is 4.79 Å². The van der Waals surface area contributed by atoms with E-state index in [4.69, 9.17) is 4.98 Å². The number of carbonyl (C=O) groups excluding carboxylic acids is 1. The molecule has 3 aromatic rings. The Bertz CT molecular complexity index is 963. The van der Waals surface area contributed by atoms with E-state index < -0.39 is 0 Å². The van der Waals surface area contributed by atoms with Crippen LogP contribution in [-0.2, 0) is 12.5 Å². The van der Waals surface area contributed by atoms with E-state index in [9.17, 15) is 4.79 Å². The van der Waals surface area contributed by atoms with Gasteiger partial charge in [-0.3, -0.25) is 9.48 Å². The highest BCUT2D eigenvalue weighted by Gasteiger charge is 2.36. The molecule has 1 fully saturated rings. The zero-order valence-electron chi connectivity index (χ0n) is 15.6. The van der Waals surface area contributed by atoms with Gasteiger partial charge in [0.1, 0.15) is 0 Å². The fraction of sp³-hybridized carbons (Fsp3) is 0.381. The van der Waals surface area contributed by atoms with Crippen LogP contribution in [0.2, 0.25) is 0 Å². The van der Waals surface area contributed by atoms with Gasteiger partial charge in [-0.25, -0.2) is 4.98 Å². The predicted octanol–water partition coefficient (Wildman–Crippen LogP) is 3.47. The van der Waals surface area contributed by atoms with Crippen LogP contribution in [0, 0.1) is 6.92 Å². The van der Waals surface area contributed by atoms with Crippen LogP contribution in [-0.4, -0.2) is 38.7 Å². The summed E-state index contributed by atoms with van der Waals surface area (Å²) in [6.07, 6.45) is 2.01. The number of amides is 1. The average molecular weight is 348 g/mol. The van der Waals surface area contributed by atoms with Gasteiger partial charge in [0.2, 0.25) is 0 Å². The number of hydrogen-bond acceptors (Lipinski definition) is 3. The van der Waals surface area contributed by atoms with Gasteiger partial charge in [0.15, 0.2) is 5.65 Å². The van der Waals surface area contributed by atoms with Crippen LogP contribution in [0.5, 0.6) is 0 Å². The van der Waals surface area contributed by atoms with Gasteiger partial charge in [0.25, 0.3) is 5.91 Å². The number of nitrogens with zero attached hydrogens (tertiary/aromatic N) is 4. The second kappa shape index (κ2) is 6.24. The van der Waals surface area contributed by atoms with Crippen molar-refractivity contribution in [2.75, 3.05) is 13.1 Å². The summed E-state index contributed by atoms with van der Waals surface area (Å²) in [4.78, 5) is 19.8. The van der Waals surface area contributed by atoms with Crippen molar-refractivity contribution in [3.05, 3.63) is 59.4 Å². The van der Waals surface area contributed by atoms with Gasteiger partial charge in [-0.2, -0.15) is 5.10 Å². The fourth-order valence-electron chi connectivity index (χ4n) is 4.03. The number of fused-ring (bicyclic) bond motifs is 1. The molecule has 1 amide bonds. The molecular weight excluding hydrogens is 324 g/mol. The van der Waals surface area contributed by atoms with Gasteiger partial charge >= 0.3 is 0 Å². The summed E-state index contributed by atoms with van der Waals surface area (Å²) in [6.45, 7) is 5.72. The second-order valence-electron chi connectivity index (χ2n) is 7.53. The van der Waals surface area contributed by atoms with Crippen molar-refractivity contribution in [3.8, 4) is 0 Å². The number of aromatic nitrogens is 3. The molecule has 1 aliphatic heterocycles. The van der Waals surface area contributed by atoms with E-state index in [0.29, 0.717) is 6.54 Å². The summed E-state index contributed by atoms with van der Waals surface area (Å²) in [5.41, 5.74) is 3.56. The van der Waals surface area contributed by atoms with Crippen LogP contribution in [0.1, 0.15) is 41.5 Å². The lowest BCUT2D eigenvalue weighted by Crippen LogP contribution is -2.47. The molecule has 0 radical (unpaired) electrons. The van der Waals surface area contributed by atoms with Gasteiger partial charge in [0, 0.05) is 36.5 Å². The second-order valence-corrected chi connectivity index (χ2v) is 7.53. The van der Waals surface area contributed by atoms with Crippen molar-refractivity contribution in [1.29, 1.82) is 0 Å². The fourth-order valence-corrected chi connectivity index (χ4v) is 4.03. The van der Waals surface area contributed by atoms with Crippen LogP contribution >= 0.6 is 0 Å². The van der Waals surface area contributed by atoms with Crippen LogP contribution in [0.4, 0.5) is 0 Å². The van der Waals surface area contributed by atoms with Crippen LogP contribution in [0.3, 0.4) is 0 Å². The van der Waals surface area contributed by atoms with Gasteiger partial charge in [-0.1, -0.05) is 25.1 Å². The Kier molecular flexibility index (Phi) is 4.02. The Labute approximate surface area is 153 Å². The molecule has 0 spiro atoms. The van der Waals surface area contributed by atoms with Gasteiger partial charge in [-0.05, 0) is 44.0 Å². The lowest BCUT2D eigenvalue weighted by molar-refractivity contribution is 0.0648. The van der Waals surface area contributed by atoms with Crippen LogP contribution in [0.15, 0.2) is 42.5 Å². The van der Waals surface area contributed by atoms with Crippen molar-refractivity contribution in [2.24, 2.45) is 7.05 Å². The quantitative estimate of drug-likeness (QED) is 0.712. The Balaban J connectivity index is 1.65. The van der Waals surface area contributed by atoms with Crippen molar-refractivity contribution >= 4 is 16.9 Å². The smallest absolute Gasteiger partial charge is 0.253 e. The van der Waals surface area contributed by atoms with E-state index in [-0.39, 0.29) is 11.3 Å². The summed E-state index contributed by atoms with van der Waals surface area (Å²) in [5, 5.41) is 5.56. The summed E-state index contributed by atoms with van der Waals surface area (Å²) in [6, 6.07) is 13.8. The standard InChI is InChI=1S/C21H24N4O/c1-15-17-10-11-18(22-19(17)24(3)23-15)21(2)12-7-13-25(14-21)20(26)16-8-5-4-6-9-16/h4-6,8-11H,7,12-14H2,1-3H3. The number of likely N-dealkylation sites (tertiary alicyclic amines) is 1. The largest absolute Gasteiger partial charge is 0.338 e. The maximum atomic E-state index is 12.9. The molecule has 1 aromatic carbocycles. The molecule has 5 heteroatoms. The third kappa shape index (κ3) is 2.77. The molecule has 0 saturated carbocycles. The minimum Gasteiger partial charge on any atom is -0.338 e. The van der Waals surface area contributed by atoms with Gasteiger partial charge in [0.05, 0.1) is 11.4 Å². The molecular formula is C21H24N4O. The van der Waals surface area contributed by atoms with E-state index in [1.54, 1.807) is 0 Å². The third-order valence-electron chi connectivity index (χ3n) is 5.49. The molecule has 4 rings (SSSR count). The zero-order valence-corrected chi connectivity index (χ0v) is 15.6. The maximum Gasteiger partial charge on any atom is 0.253 e. The van der Waals surface area contributed by atoms with Crippen molar-refractivity contribution in [2.45, 2.75) is 32.1 Å². The first-order valence-corrected chi connectivity index (χ1v) is 9.13. The Morgan fingerprint density at radius 3 is 2.69 bits per heavy atom. The predicted molar refractivity (Wildman–Crippen MR) is 102 cm³/mol. The number of benzene rings is 1. The van der Waals surface area contributed by atoms with Crippen LogP contribution < -0.4 is 0 Å². The van der Waals surface area contributed by atoms with Crippen molar-refractivity contribution in [1.82, 2.24) is 19.7 Å². The molecule has 1 unspecified atom stereocenters. The highest BCUT2D eigenvalue weighted by Crippen LogP contribution is 2.34. The highest BCUT2D eigenvalue weighted by molar-refractivity contribution is 5.94. The zero-order chi connectivity index (χ0) is 18.3. The number of aryl methyl sites for hydroxylation is 2. The first-order chi connectivity index (χ1) is 12.5. The Morgan fingerprint density at radius 2 is 1.92 bits per heavy atom. The van der Waals surface area contributed by atoms with Gasteiger partial charge in [-0.15, -0.1) is 0 Å². The first-order valence-electron chi connectivity index (χ1n) is 9.13. The first kappa shape index (κ1) is 16.8. The molecule has 5 nitrogen and oxygen atoms in total. The Morgan fingerprint density at radius 1 is 1.15 bits per heavy atom. The SMILES string of the molecule is Cc1nn(C)c2nc(C3(C)CCCN(C(=O)c4ccccc4)C3)ccc12. The molecule has 0 N–H and O–H groups in total. The topological polar surface area (TPSA) is 51.0 Å². The number of carbonyl (C=O) groups is 1. The van der Waals surface area contributed by atoms with E-state index >= 15 is 0 Å². The molecule has 1 saturated heterocycles. The molecule has 1 aliphatic rings. The monoisotopic (exact) mass is 348 g/mol. The minimum absolute atomic E-state index is 0.106. The molecule has 2 aromatic heterocycles. The van der Waals surface area contributed by atoms with E-state index in [1.165, 1.54) is 0 Å². The molecule has 134 valence electrons. The summed E-state index contributed by atoms with van der Waals surface area (Å²) in [7, 11) is 1.93. The Hall–Kier alpha value is -2.69. The molecule has 0 bridgehead atoms. The number of hydrogen-bond donors (Lipinski definition) is 0. The third-order valence-corrected chi connectivity index (χ3v) is 5.49. The molecule has 1 atom stereocenters. The summed E-state index contributed by atoms with van der Waals surface area (Å²) >= 11 is 0. The normalized spacial score (nSPS) is 20.5. The van der Waals surface area contributed by atoms with E-state index in [0.717, 1.165) is 47.4 Å². The molecule has 3 heterocycles. The summed E-state index contributed by atoms with van der Waals surface area (Å²) < 4.78 is 1.84. The van der Waals surface area contributed by atoms with Crippen molar-refractivity contribution in [3.63, 3.8) is 0 Å². The average Bonchev–Trinajstić information content (AvgIpc) is 2.95. The highest BCUT2D eigenvalue weighted by atomic mass is 16.2. The lowest BCUT2D eigenvalue weighted by atomic mass is 9.78. The number of piperidine rings is 1.